The number of benzene rings is 2. The minimum absolute atomic E-state index is 0.147. The zero-order valence-corrected chi connectivity index (χ0v) is 17.6. The highest BCUT2D eigenvalue weighted by Crippen LogP contribution is 2.22. The highest BCUT2D eigenvalue weighted by molar-refractivity contribution is 9.10. The Labute approximate surface area is 176 Å². The summed E-state index contributed by atoms with van der Waals surface area (Å²) in [6.45, 7) is 1.44. The Morgan fingerprint density at radius 1 is 1.00 bits per heavy atom. The number of cyclic esters (lactones) is 1. The summed E-state index contributed by atoms with van der Waals surface area (Å²) in [6.07, 6.45) is 1.64. The first kappa shape index (κ1) is 20.0. The van der Waals surface area contributed by atoms with Crippen LogP contribution >= 0.6 is 15.9 Å². The summed E-state index contributed by atoms with van der Waals surface area (Å²) in [5.41, 5.74) is 1.53. The van der Waals surface area contributed by atoms with E-state index in [-0.39, 0.29) is 16.5 Å². The van der Waals surface area contributed by atoms with Gasteiger partial charge in [0.2, 0.25) is 15.9 Å². The molecule has 2 heterocycles. The minimum Gasteiger partial charge on any atom is -0.402 e. The Kier molecular flexibility index (Phi) is 5.64. The Hall–Kier alpha value is -2.33. The molecule has 0 radical (unpaired) electrons. The number of aliphatic imine (C=N–C) groups is 1. The van der Waals surface area contributed by atoms with E-state index < -0.39 is 16.0 Å². The van der Waals surface area contributed by atoms with Crippen LogP contribution in [0.5, 0.6) is 0 Å². The summed E-state index contributed by atoms with van der Waals surface area (Å²) in [4.78, 5) is 16.6. The SMILES string of the molecule is O=C1OC(c2ccc(S(=O)(=O)N3CCOCC3)cc2)=N/C1=C\c1ccc(Br)cc1. The van der Waals surface area contributed by atoms with Crippen molar-refractivity contribution in [2.45, 2.75) is 4.90 Å². The molecule has 2 aliphatic rings. The van der Waals surface area contributed by atoms with Crippen molar-refractivity contribution >= 4 is 43.9 Å². The van der Waals surface area contributed by atoms with Crippen molar-refractivity contribution in [3.05, 3.63) is 69.8 Å². The number of morpholine rings is 1. The van der Waals surface area contributed by atoms with Gasteiger partial charge in [-0.25, -0.2) is 18.2 Å². The quantitative estimate of drug-likeness (QED) is 0.500. The number of carbonyl (C=O) groups is 1. The normalized spacial score (nSPS) is 19.3. The number of rotatable bonds is 4. The zero-order valence-electron chi connectivity index (χ0n) is 15.2. The molecule has 1 saturated heterocycles. The fourth-order valence-corrected chi connectivity index (χ4v) is 4.63. The van der Waals surface area contributed by atoms with E-state index in [4.69, 9.17) is 9.47 Å². The number of ether oxygens (including phenoxy) is 2. The second-order valence-electron chi connectivity index (χ2n) is 6.43. The molecule has 1 fully saturated rings. The third kappa shape index (κ3) is 4.32. The van der Waals surface area contributed by atoms with Crippen LogP contribution in [0.1, 0.15) is 11.1 Å². The van der Waals surface area contributed by atoms with Gasteiger partial charge in [-0.2, -0.15) is 4.31 Å². The predicted octanol–water partition coefficient (Wildman–Crippen LogP) is 2.81. The van der Waals surface area contributed by atoms with E-state index in [0.717, 1.165) is 10.0 Å². The number of esters is 1. The molecular formula is C20H17BrN2O5S. The van der Waals surface area contributed by atoms with Gasteiger partial charge in [0, 0.05) is 23.1 Å². The first-order chi connectivity index (χ1) is 13.9. The lowest BCUT2D eigenvalue weighted by Crippen LogP contribution is -2.40. The molecule has 29 heavy (non-hydrogen) atoms. The molecular weight excluding hydrogens is 460 g/mol. The lowest BCUT2D eigenvalue weighted by molar-refractivity contribution is -0.129. The van der Waals surface area contributed by atoms with Crippen molar-refractivity contribution in [2.75, 3.05) is 26.3 Å². The van der Waals surface area contributed by atoms with Crippen molar-refractivity contribution < 1.29 is 22.7 Å². The molecule has 4 rings (SSSR count). The van der Waals surface area contributed by atoms with Gasteiger partial charge in [0.25, 0.3) is 0 Å². The molecule has 0 N–H and O–H groups in total. The molecule has 0 aliphatic carbocycles. The second-order valence-corrected chi connectivity index (χ2v) is 9.28. The van der Waals surface area contributed by atoms with Crippen LogP contribution in [0.25, 0.3) is 6.08 Å². The Balaban J connectivity index is 1.56. The number of halogens is 1. The standard InChI is InChI=1S/C20H17BrN2O5S/c21-16-5-1-14(2-6-16)13-18-20(24)28-19(22-18)15-3-7-17(8-4-15)29(25,26)23-9-11-27-12-10-23/h1-8,13H,9-12H2/b18-13-. The molecule has 0 amide bonds. The van der Waals surface area contributed by atoms with Crippen LogP contribution in [0.2, 0.25) is 0 Å². The fourth-order valence-electron chi connectivity index (χ4n) is 2.96. The van der Waals surface area contributed by atoms with E-state index in [2.05, 4.69) is 20.9 Å². The molecule has 2 aromatic carbocycles. The summed E-state index contributed by atoms with van der Waals surface area (Å²) < 4.78 is 38.2. The van der Waals surface area contributed by atoms with Crippen LogP contribution in [0.3, 0.4) is 0 Å². The molecule has 7 nitrogen and oxygen atoms in total. The van der Waals surface area contributed by atoms with Gasteiger partial charge in [0.1, 0.15) is 0 Å². The number of carbonyl (C=O) groups excluding carboxylic acids is 1. The molecule has 150 valence electrons. The number of hydrogen-bond acceptors (Lipinski definition) is 6. The Morgan fingerprint density at radius 2 is 1.66 bits per heavy atom. The minimum atomic E-state index is -3.58. The Bertz CT molecular complexity index is 1090. The maximum absolute atomic E-state index is 12.7. The van der Waals surface area contributed by atoms with Crippen molar-refractivity contribution in [1.29, 1.82) is 0 Å². The monoisotopic (exact) mass is 476 g/mol. The van der Waals surface area contributed by atoms with Crippen LogP contribution < -0.4 is 0 Å². The van der Waals surface area contributed by atoms with Gasteiger partial charge in [-0.1, -0.05) is 28.1 Å². The smallest absolute Gasteiger partial charge is 0.363 e. The van der Waals surface area contributed by atoms with Crippen LogP contribution in [0, 0.1) is 0 Å². The molecule has 0 saturated carbocycles. The van der Waals surface area contributed by atoms with E-state index in [1.165, 1.54) is 16.4 Å². The van der Waals surface area contributed by atoms with E-state index in [9.17, 15) is 13.2 Å². The van der Waals surface area contributed by atoms with Gasteiger partial charge in [0.05, 0.1) is 18.1 Å². The summed E-state index contributed by atoms with van der Waals surface area (Å²) in [6, 6.07) is 13.6. The van der Waals surface area contributed by atoms with Crippen molar-refractivity contribution in [3.8, 4) is 0 Å². The third-order valence-corrected chi connectivity index (χ3v) is 6.94. The Morgan fingerprint density at radius 3 is 2.31 bits per heavy atom. The fraction of sp³-hybridized carbons (Fsp3) is 0.200. The molecule has 2 aliphatic heterocycles. The van der Waals surface area contributed by atoms with Gasteiger partial charge >= 0.3 is 5.97 Å². The molecule has 0 unspecified atom stereocenters. The molecule has 2 aromatic rings. The van der Waals surface area contributed by atoms with Crippen LogP contribution in [0.4, 0.5) is 0 Å². The van der Waals surface area contributed by atoms with Crippen LogP contribution in [0.15, 0.2) is 68.6 Å². The maximum Gasteiger partial charge on any atom is 0.363 e. The average molecular weight is 477 g/mol. The molecule has 9 heteroatoms. The first-order valence-corrected chi connectivity index (χ1v) is 11.1. The molecule has 0 spiro atoms. The third-order valence-electron chi connectivity index (χ3n) is 4.50. The van der Waals surface area contributed by atoms with Crippen LogP contribution in [-0.4, -0.2) is 50.9 Å². The van der Waals surface area contributed by atoms with Gasteiger partial charge in [-0.3, -0.25) is 0 Å². The maximum atomic E-state index is 12.7. The summed E-state index contributed by atoms with van der Waals surface area (Å²) >= 11 is 3.36. The van der Waals surface area contributed by atoms with E-state index in [0.29, 0.717) is 31.9 Å². The largest absolute Gasteiger partial charge is 0.402 e. The second kappa shape index (κ2) is 8.19. The first-order valence-electron chi connectivity index (χ1n) is 8.90. The molecule has 0 bridgehead atoms. The predicted molar refractivity (Wildman–Crippen MR) is 111 cm³/mol. The summed E-state index contributed by atoms with van der Waals surface area (Å²) in [7, 11) is -3.58. The van der Waals surface area contributed by atoms with Crippen molar-refractivity contribution in [1.82, 2.24) is 4.31 Å². The number of hydrogen-bond donors (Lipinski definition) is 0. The average Bonchev–Trinajstić information content (AvgIpc) is 3.11. The highest BCUT2D eigenvalue weighted by Gasteiger charge is 2.28. The highest BCUT2D eigenvalue weighted by atomic mass is 79.9. The van der Waals surface area contributed by atoms with Gasteiger partial charge < -0.3 is 9.47 Å². The number of nitrogens with zero attached hydrogens (tertiary/aromatic N) is 2. The van der Waals surface area contributed by atoms with Crippen molar-refractivity contribution in [3.63, 3.8) is 0 Å². The molecule has 0 atom stereocenters. The lowest BCUT2D eigenvalue weighted by atomic mass is 10.2. The molecule has 0 aromatic heterocycles. The summed E-state index contributed by atoms with van der Waals surface area (Å²) in [5.74, 6) is -0.401. The van der Waals surface area contributed by atoms with E-state index in [1.54, 1.807) is 18.2 Å². The summed E-state index contributed by atoms with van der Waals surface area (Å²) in [5, 5.41) is 0. The zero-order chi connectivity index (χ0) is 20.4. The topological polar surface area (TPSA) is 85.3 Å². The van der Waals surface area contributed by atoms with Gasteiger partial charge in [-0.15, -0.1) is 0 Å². The van der Waals surface area contributed by atoms with E-state index >= 15 is 0 Å². The van der Waals surface area contributed by atoms with Gasteiger partial charge in [-0.05, 0) is 48.0 Å². The van der Waals surface area contributed by atoms with Crippen molar-refractivity contribution in [2.24, 2.45) is 4.99 Å². The lowest BCUT2D eigenvalue weighted by Gasteiger charge is -2.26. The number of sulfonamides is 1. The van der Waals surface area contributed by atoms with Gasteiger partial charge in [0.15, 0.2) is 5.70 Å². The van der Waals surface area contributed by atoms with E-state index in [1.807, 2.05) is 24.3 Å². The van der Waals surface area contributed by atoms with Crippen LogP contribution in [-0.2, 0) is 24.3 Å².